The van der Waals surface area contributed by atoms with E-state index in [1.54, 1.807) is 12.4 Å². The van der Waals surface area contributed by atoms with E-state index in [1.807, 2.05) is 22.9 Å². The molecule has 2 N–H and O–H groups in total. The third kappa shape index (κ3) is 1.78. The Morgan fingerprint density at radius 3 is 2.75 bits per heavy atom. The molecule has 1 aliphatic carbocycles. The molecular weight excluding hydrogens is 200 g/mol. The van der Waals surface area contributed by atoms with Gasteiger partial charge in [0.05, 0.1) is 5.69 Å². The number of nitrogen functional groups attached to an aromatic ring is 1. The van der Waals surface area contributed by atoms with Crippen LogP contribution in [-0.4, -0.2) is 14.8 Å². The van der Waals surface area contributed by atoms with Gasteiger partial charge in [-0.1, -0.05) is 0 Å². The van der Waals surface area contributed by atoms with Crippen LogP contribution in [0, 0.1) is 5.92 Å². The highest BCUT2D eigenvalue weighted by Crippen LogP contribution is 2.31. The molecule has 2 aromatic heterocycles. The summed E-state index contributed by atoms with van der Waals surface area (Å²) in [6, 6.07) is 5.82. The summed E-state index contributed by atoms with van der Waals surface area (Å²) in [5.41, 5.74) is 7.94. The molecule has 0 unspecified atom stereocenters. The number of hydrogen-bond donors (Lipinski definition) is 1. The maximum absolute atomic E-state index is 5.94. The van der Waals surface area contributed by atoms with E-state index in [0.717, 1.165) is 29.5 Å². The van der Waals surface area contributed by atoms with Gasteiger partial charge in [0.1, 0.15) is 5.82 Å². The molecule has 2 heterocycles. The number of nitrogens with two attached hydrogens (primary N) is 1. The number of nitrogens with zero attached hydrogens (tertiary/aromatic N) is 3. The molecule has 0 aliphatic heterocycles. The second kappa shape index (κ2) is 3.63. The molecule has 0 bridgehead atoms. The van der Waals surface area contributed by atoms with Crippen molar-refractivity contribution in [3.8, 4) is 11.3 Å². The van der Waals surface area contributed by atoms with Gasteiger partial charge in [0.15, 0.2) is 0 Å². The SMILES string of the molecule is Nc1cc(-c2ccncc2)nn1CC1CC1. The number of pyridine rings is 1. The van der Waals surface area contributed by atoms with E-state index in [1.165, 1.54) is 12.8 Å². The molecule has 1 aliphatic rings. The van der Waals surface area contributed by atoms with E-state index < -0.39 is 0 Å². The lowest BCUT2D eigenvalue weighted by Gasteiger charge is -2.00. The standard InChI is InChI=1S/C12H14N4/c13-12-7-11(10-3-5-14-6-4-10)15-16(12)8-9-1-2-9/h3-7,9H,1-2,8,13H2. The fourth-order valence-corrected chi connectivity index (χ4v) is 1.79. The minimum Gasteiger partial charge on any atom is -0.384 e. The smallest absolute Gasteiger partial charge is 0.122 e. The van der Waals surface area contributed by atoms with Crippen molar-refractivity contribution in [2.45, 2.75) is 19.4 Å². The predicted octanol–water partition coefficient (Wildman–Crippen LogP) is 1.94. The number of anilines is 1. The molecule has 0 amide bonds. The van der Waals surface area contributed by atoms with Crippen molar-refractivity contribution >= 4 is 5.82 Å². The monoisotopic (exact) mass is 214 g/mol. The fraction of sp³-hybridized carbons (Fsp3) is 0.333. The van der Waals surface area contributed by atoms with Crippen molar-refractivity contribution in [1.29, 1.82) is 0 Å². The Balaban J connectivity index is 1.90. The molecule has 1 fully saturated rings. The third-order valence-electron chi connectivity index (χ3n) is 2.92. The molecule has 0 atom stereocenters. The van der Waals surface area contributed by atoms with E-state index in [4.69, 9.17) is 5.73 Å². The Morgan fingerprint density at radius 2 is 2.06 bits per heavy atom. The zero-order chi connectivity index (χ0) is 11.0. The van der Waals surface area contributed by atoms with Gasteiger partial charge >= 0.3 is 0 Å². The highest BCUT2D eigenvalue weighted by atomic mass is 15.3. The van der Waals surface area contributed by atoms with Gasteiger partial charge in [-0.05, 0) is 30.9 Å². The normalized spacial score (nSPS) is 15.2. The maximum Gasteiger partial charge on any atom is 0.122 e. The summed E-state index contributed by atoms with van der Waals surface area (Å²) in [5.74, 6) is 1.53. The second-order valence-corrected chi connectivity index (χ2v) is 4.32. The Labute approximate surface area is 94.1 Å². The highest BCUT2D eigenvalue weighted by Gasteiger charge is 2.23. The fourth-order valence-electron chi connectivity index (χ4n) is 1.79. The van der Waals surface area contributed by atoms with Crippen LogP contribution in [0.25, 0.3) is 11.3 Å². The summed E-state index contributed by atoms with van der Waals surface area (Å²) in [6.07, 6.45) is 6.16. The summed E-state index contributed by atoms with van der Waals surface area (Å²) in [4.78, 5) is 3.99. The van der Waals surface area contributed by atoms with Crippen molar-refractivity contribution < 1.29 is 0 Å². The molecule has 0 saturated heterocycles. The Morgan fingerprint density at radius 1 is 1.31 bits per heavy atom. The van der Waals surface area contributed by atoms with Gasteiger partial charge in [-0.15, -0.1) is 0 Å². The summed E-state index contributed by atoms with van der Waals surface area (Å²) < 4.78 is 1.91. The average Bonchev–Trinajstić information content (AvgIpc) is 3.05. The summed E-state index contributed by atoms with van der Waals surface area (Å²) in [6.45, 7) is 0.955. The predicted molar refractivity (Wildman–Crippen MR) is 62.6 cm³/mol. The van der Waals surface area contributed by atoms with Gasteiger partial charge in [-0.2, -0.15) is 5.10 Å². The Kier molecular flexibility index (Phi) is 2.13. The van der Waals surface area contributed by atoms with Crippen molar-refractivity contribution in [1.82, 2.24) is 14.8 Å². The lowest BCUT2D eigenvalue weighted by molar-refractivity contribution is 0.572. The summed E-state index contributed by atoms with van der Waals surface area (Å²) in [7, 11) is 0. The molecule has 16 heavy (non-hydrogen) atoms. The topological polar surface area (TPSA) is 56.7 Å². The lowest BCUT2D eigenvalue weighted by Crippen LogP contribution is -2.05. The largest absolute Gasteiger partial charge is 0.384 e. The van der Waals surface area contributed by atoms with E-state index in [9.17, 15) is 0 Å². The van der Waals surface area contributed by atoms with Crippen LogP contribution >= 0.6 is 0 Å². The van der Waals surface area contributed by atoms with Crippen LogP contribution < -0.4 is 5.73 Å². The molecule has 0 aromatic carbocycles. The van der Waals surface area contributed by atoms with Crippen LogP contribution in [0.3, 0.4) is 0 Å². The van der Waals surface area contributed by atoms with Crippen LogP contribution in [-0.2, 0) is 6.54 Å². The molecule has 0 spiro atoms. The van der Waals surface area contributed by atoms with E-state index in [0.29, 0.717) is 0 Å². The van der Waals surface area contributed by atoms with Crippen molar-refractivity contribution in [2.75, 3.05) is 5.73 Å². The third-order valence-corrected chi connectivity index (χ3v) is 2.92. The lowest BCUT2D eigenvalue weighted by atomic mass is 10.2. The first-order valence-corrected chi connectivity index (χ1v) is 5.56. The molecular formula is C12H14N4. The quantitative estimate of drug-likeness (QED) is 0.849. The summed E-state index contributed by atoms with van der Waals surface area (Å²) in [5, 5.41) is 4.52. The van der Waals surface area contributed by atoms with Crippen molar-refractivity contribution in [3.63, 3.8) is 0 Å². The van der Waals surface area contributed by atoms with Crippen molar-refractivity contribution in [2.24, 2.45) is 5.92 Å². The minimum atomic E-state index is 0.749. The summed E-state index contributed by atoms with van der Waals surface area (Å²) >= 11 is 0. The zero-order valence-corrected chi connectivity index (χ0v) is 9.00. The van der Waals surface area contributed by atoms with E-state index in [-0.39, 0.29) is 0 Å². The van der Waals surface area contributed by atoms with Crippen molar-refractivity contribution in [3.05, 3.63) is 30.6 Å². The van der Waals surface area contributed by atoms with Crippen LogP contribution in [0.2, 0.25) is 0 Å². The first-order chi connectivity index (χ1) is 7.83. The van der Waals surface area contributed by atoms with Gasteiger partial charge in [0.2, 0.25) is 0 Å². The van der Waals surface area contributed by atoms with Crippen LogP contribution in [0.1, 0.15) is 12.8 Å². The van der Waals surface area contributed by atoms with E-state index >= 15 is 0 Å². The molecule has 3 rings (SSSR count). The maximum atomic E-state index is 5.94. The first-order valence-electron chi connectivity index (χ1n) is 5.56. The second-order valence-electron chi connectivity index (χ2n) is 4.32. The number of hydrogen-bond acceptors (Lipinski definition) is 3. The average molecular weight is 214 g/mol. The van der Waals surface area contributed by atoms with Gasteiger partial charge < -0.3 is 5.73 Å². The van der Waals surface area contributed by atoms with Gasteiger partial charge in [-0.3, -0.25) is 4.98 Å². The molecule has 2 aromatic rings. The highest BCUT2D eigenvalue weighted by molar-refractivity contribution is 5.61. The van der Waals surface area contributed by atoms with Crippen LogP contribution in [0.15, 0.2) is 30.6 Å². The van der Waals surface area contributed by atoms with E-state index in [2.05, 4.69) is 10.1 Å². The van der Waals surface area contributed by atoms with Crippen LogP contribution in [0.4, 0.5) is 5.82 Å². The molecule has 0 radical (unpaired) electrons. The minimum absolute atomic E-state index is 0.749. The molecule has 4 heteroatoms. The van der Waals surface area contributed by atoms with Gasteiger partial charge in [0, 0.05) is 30.6 Å². The Hall–Kier alpha value is -1.84. The number of aromatic nitrogens is 3. The van der Waals surface area contributed by atoms with Gasteiger partial charge in [-0.25, -0.2) is 4.68 Å². The Bertz CT molecular complexity index is 485. The zero-order valence-electron chi connectivity index (χ0n) is 9.00. The molecule has 82 valence electrons. The first kappa shape index (κ1) is 9.39. The van der Waals surface area contributed by atoms with Crippen LogP contribution in [0.5, 0.6) is 0 Å². The van der Waals surface area contributed by atoms with Gasteiger partial charge in [0.25, 0.3) is 0 Å². The number of rotatable bonds is 3. The molecule has 1 saturated carbocycles. The molecule has 4 nitrogen and oxygen atoms in total.